The first-order valence-electron chi connectivity index (χ1n) is 8.19. The molecule has 1 N–H and O–H groups in total. The fourth-order valence-corrected chi connectivity index (χ4v) is 3.01. The Bertz CT molecular complexity index is 830. The highest BCUT2D eigenvalue weighted by atomic mass is 32.1. The number of amides is 1. The lowest BCUT2D eigenvalue weighted by atomic mass is 9.87. The number of hydrogen-bond donors (Lipinski definition) is 1. The minimum Gasteiger partial charge on any atom is -0.339 e. The summed E-state index contributed by atoms with van der Waals surface area (Å²) in [5.74, 6) is 0.976. The van der Waals surface area contributed by atoms with Gasteiger partial charge in [-0.05, 0) is 34.6 Å². The van der Waals surface area contributed by atoms with Crippen LogP contribution in [-0.2, 0) is 16.6 Å². The summed E-state index contributed by atoms with van der Waals surface area (Å²) in [4.78, 5) is 17.4. The average Bonchev–Trinajstić information content (AvgIpc) is 3.24. The van der Waals surface area contributed by atoms with Crippen molar-refractivity contribution in [1.82, 2.24) is 10.1 Å². The second kappa shape index (κ2) is 7.19. The van der Waals surface area contributed by atoms with E-state index < -0.39 is 0 Å². The van der Waals surface area contributed by atoms with Crippen LogP contribution >= 0.6 is 11.3 Å². The Hall–Kier alpha value is -2.47. The molecule has 5 nitrogen and oxygen atoms in total. The van der Waals surface area contributed by atoms with Crippen molar-refractivity contribution < 1.29 is 9.32 Å². The largest absolute Gasteiger partial charge is 0.339 e. The first-order chi connectivity index (χ1) is 11.9. The normalized spacial score (nSPS) is 11.5. The minimum absolute atomic E-state index is 0.0700. The van der Waals surface area contributed by atoms with Gasteiger partial charge in [-0.2, -0.15) is 4.98 Å². The van der Waals surface area contributed by atoms with Gasteiger partial charge in [0, 0.05) is 18.5 Å². The average molecular weight is 355 g/mol. The van der Waals surface area contributed by atoms with Crippen LogP contribution < -0.4 is 5.32 Å². The monoisotopic (exact) mass is 355 g/mol. The fourth-order valence-electron chi connectivity index (χ4n) is 2.36. The van der Waals surface area contributed by atoms with Crippen LogP contribution in [0.5, 0.6) is 0 Å². The van der Waals surface area contributed by atoms with Gasteiger partial charge in [-0.15, -0.1) is 11.3 Å². The van der Waals surface area contributed by atoms with E-state index in [0.29, 0.717) is 24.6 Å². The summed E-state index contributed by atoms with van der Waals surface area (Å²) in [5.41, 5.74) is 2.13. The maximum Gasteiger partial charge on any atom is 0.227 e. The fraction of sp³-hybridized carbons (Fsp3) is 0.316. The maximum absolute atomic E-state index is 12.1. The second-order valence-corrected chi connectivity index (χ2v) is 7.81. The molecular formula is C19H21N3O2S. The minimum atomic E-state index is -0.0700. The Kier molecular flexibility index (Phi) is 4.99. The van der Waals surface area contributed by atoms with Crippen molar-refractivity contribution in [2.24, 2.45) is 0 Å². The second-order valence-electron chi connectivity index (χ2n) is 6.86. The lowest BCUT2D eigenvalue weighted by molar-refractivity contribution is -0.116. The van der Waals surface area contributed by atoms with Gasteiger partial charge >= 0.3 is 0 Å². The third-order valence-electron chi connectivity index (χ3n) is 3.81. The predicted octanol–water partition coefficient (Wildman–Crippen LogP) is 4.67. The van der Waals surface area contributed by atoms with Crippen molar-refractivity contribution in [3.05, 3.63) is 53.2 Å². The number of aromatic nitrogens is 2. The molecule has 1 amide bonds. The topological polar surface area (TPSA) is 68.0 Å². The maximum atomic E-state index is 12.1. The molecule has 0 aliphatic rings. The summed E-state index contributed by atoms with van der Waals surface area (Å²) in [5, 5.41) is 8.81. The Morgan fingerprint density at radius 3 is 2.60 bits per heavy atom. The predicted molar refractivity (Wildman–Crippen MR) is 99.7 cm³/mol. The van der Waals surface area contributed by atoms with Gasteiger partial charge in [-0.1, -0.05) is 44.1 Å². The molecule has 6 heteroatoms. The summed E-state index contributed by atoms with van der Waals surface area (Å²) in [7, 11) is 0. The van der Waals surface area contributed by atoms with Gasteiger partial charge in [0.25, 0.3) is 0 Å². The number of rotatable bonds is 5. The molecule has 0 atom stereocenters. The molecule has 25 heavy (non-hydrogen) atoms. The summed E-state index contributed by atoms with van der Waals surface area (Å²) in [6.45, 7) is 6.49. The van der Waals surface area contributed by atoms with Gasteiger partial charge in [-0.25, -0.2) is 0 Å². The molecule has 0 saturated carbocycles. The van der Waals surface area contributed by atoms with Crippen molar-refractivity contribution in [3.63, 3.8) is 0 Å². The SMILES string of the molecule is CC(C)(C)c1ccc(NC(=O)CCc2nc(-c3cccs3)no2)cc1. The lowest BCUT2D eigenvalue weighted by Crippen LogP contribution is -2.14. The van der Waals surface area contributed by atoms with E-state index in [9.17, 15) is 4.79 Å². The van der Waals surface area contributed by atoms with Crippen molar-refractivity contribution in [2.75, 3.05) is 5.32 Å². The zero-order chi connectivity index (χ0) is 17.9. The summed E-state index contributed by atoms with van der Waals surface area (Å²) in [6, 6.07) is 11.8. The summed E-state index contributed by atoms with van der Waals surface area (Å²) in [6.07, 6.45) is 0.720. The number of thiophene rings is 1. The molecule has 0 fully saturated rings. The number of aryl methyl sites for hydroxylation is 1. The van der Waals surface area contributed by atoms with Crippen LogP contribution in [0.1, 0.15) is 38.6 Å². The smallest absolute Gasteiger partial charge is 0.227 e. The molecule has 0 bridgehead atoms. The molecule has 0 aliphatic carbocycles. The zero-order valence-corrected chi connectivity index (χ0v) is 15.4. The van der Waals surface area contributed by atoms with Crippen LogP contribution in [0.15, 0.2) is 46.3 Å². The Morgan fingerprint density at radius 1 is 1.20 bits per heavy atom. The molecule has 0 saturated heterocycles. The molecule has 0 unspecified atom stereocenters. The standard InChI is InChI=1S/C19H21N3O2S/c1-19(2,3)13-6-8-14(9-7-13)20-16(23)10-11-17-21-18(22-24-17)15-5-4-12-25-15/h4-9,12H,10-11H2,1-3H3,(H,20,23). The number of benzene rings is 1. The number of nitrogens with zero attached hydrogens (tertiary/aromatic N) is 2. The Labute approximate surface area is 151 Å². The van der Waals surface area contributed by atoms with E-state index in [2.05, 4.69) is 36.2 Å². The molecule has 0 radical (unpaired) electrons. The van der Waals surface area contributed by atoms with Gasteiger partial charge in [0.05, 0.1) is 4.88 Å². The Balaban J connectivity index is 1.53. The molecule has 2 heterocycles. The van der Waals surface area contributed by atoms with Gasteiger partial charge < -0.3 is 9.84 Å². The number of nitrogens with one attached hydrogen (secondary N) is 1. The zero-order valence-electron chi connectivity index (χ0n) is 14.6. The Morgan fingerprint density at radius 2 is 1.96 bits per heavy atom. The van der Waals surface area contributed by atoms with Gasteiger partial charge in [0.15, 0.2) is 0 Å². The molecule has 2 aromatic heterocycles. The molecule has 3 aromatic rings. The highest BCUT2D eigenvalue weighted by Crippen LogP contribution is 2.24. The van der Waals surface area contributed by atoms with Gasteiger partial charge in [0.1, 0.15) is 0 Å². The van der Waals surface area contributed by atoms with E-state index in [1.165, 1.54) is 5.56 Å². The number of anilines is 1. The summed E-state index contributed by atoms with van der Waals surface area (Å²) < 4.78 is 5.21. The van der Waals surface area contributed by atoms with Crippen LogP contribution in [0.2, 0.25) is 0 Å². The van der Waals surface area contributed by atoms with Crippen LogP contribution in [0.4, 0.5) is 5.69 Å². The molecule has 1 aromatic carbocycles. The molecular weight excluding hydrogens is 334 g/mol. The summed E-state index contributed by atoms with van der Waals surface area (Å²) >= 11 is 1.55. The van der Waals surface area contributed by atoms with Crippen LogP contribution in [-0.4, -0.2) is 16.0 Å². The quantitative estimate of drug-likeness (QED) is 0.722. The molecule has 3 rings (SSSR count). The first-order valence-corrected chi connectivity index (χ1v) is 9.06. The van der Waals surface area contributed by atoms with Crippen molar-refractivity contribution in [2.45, 2.75) is 39.0 Å². The van der Waals surface area contributed by atoms with Crippen LogP contribution in [0.25, 0.3) is 10.7 Å². The van der Waals surface area contributed by atoms with E-state index in [1.54, 1.807) is 11.3 Å². The molecule has 0 aliphatic heterocycles. The van der Waals surface area contributed by atoms with E-state index in [4.69, 9.17) is 4.52 Å². The van der Waals surface area contributed by atoms with Crippen LogP contribution in [0.3, 0.4) is 0 Å². The van der Waals surface area contributed by atoms with Gasteiger partial charge in [-0.3, -0.25) is 4.79 Å². The van der Waals surface area contributed by atoms with Crippen molar-refractivity contribution >= 4 is 22.9 Å². The molecule has 130 valence electrons. The first kappa shape index (κ1) is 17.4. The van der Waals surface area contributed by atoms with E-state index in [0.717, 1.165) is 10.6 Å². The third kappa shape index (κ3) is 4.54. The lowest BCUT2D eigenvalue weighted by Gasteiger charge is -2.19. The van der Waals surface area contributed by atoms with E-state index in [1.807, 2.05) is 41.8 Å². The van der Waals surface area contributed by atoms with Crippen molar-refractivity contribution in [1.29, 1.82) is 0 Å². The van der Waals surface area contributed by atoms with E-state index >= 15 is 0 Å². The van der Waals surface area contributed by atoms with Crippen molar-refractivity contribution in [3.8, 4) is 10.7 Å². The molecule has 0 spiro atoms. The van der Waals surface area contributed by atoms with Gasteiger partial charge in [0.2, 0.25) is 17.6 Å². The number of carbonyl (C=O) groups is 1. The number of hydrogen-bond acceptors (Lipinski definition) is 5. The highest BCUT2D eigenvalue weighted by Gasteiger charge is 2.14. The number of carbonyl (C=O) groups excluding carboxylic acids is 1. The van der Waals surface area contributed by atoms with Crippen LogP contribution in [0, 0.1) is 0 Å². The third-order valence-corrected chi connectivity index (χ3v) is 4.68. The van der Waals surface area contributed by atoms with E-state index in [-0.39, 0.29) is 11.3 Å². The highest BCUT2D eigenvalue weighted by molar-refractivity contribution is 7.13.